The van der Waals surface area contributed by atoms with Crippen LogP contribution in [0.25, 0.3) is 71.7 Å². The van der Waals surface area contributed by atoms with Gasteiger partial charge in [0.05, 0.1) is 17.1 Å². The first-order valence-corrected chi connectivity index (χ1v) is 21.1. The second kappa shape index (κ2) is 14.4. The lowest BCUT2D eigenvalue weighted by atomic mass is 9.90. The quantitative estimate of drug-likeness (QED) is 0.161. The number of nitrogens with zero attached hydrogens (tertiary/aromatic N) is 2. The number of fused-ring (bicyclic) bond motifs is 7. The van der Waals surface area contributed by atoms with E-state index in [0.29, 0.717) is 0 Å². The van der Waals surface area contributed by atoms with Crippen molar-refractivity contribution in [1.82, 2.24) is 0 Å². The van der Waals surface area contributed by atoms with Crippen LogP contribution in [0.15, 0.2) is 229 Å². The Kier molecular flexibility index (Phi) is 8.31. The van der Waals surface area contributed by atoms with Crippen LogP contribution >= 0.6 is 0 Å². The molecule has 0 fully saturated rings. The van der Waals surface area contributed by atoms with Crippen molar-refractivity contribution in [1.29, 1.82) is 0 Å². The molecular weight excluding hydrogens is 741 g/mol. The van der Waals surface area contributed by atoms with Gasteiger partial charge in [-0.3, -0.25) is 0 Å². The van der Waals surface area contributed by atoms with E-state index in [4.69, 9.17) is 4.42 Å². The molecule has 1 aliphatic carbocycles. The SMILES string of the molecule is C1=CCC2C(=C1)c1cc(-c3ccccc3-c3cccc(N(c4ccc(-c5ccccc5)cc4)c4ccc5ccccc5c4)c3)ccc1N2c1cccc2oc3ccccc3c12. The molecule has 3 nitrogen and oxygen atoms in total. The van der Waals surface area contributed by atoms with Gasteiger partial charge in [-0.25, -0.2) is 0 Å². The first-order chi connectivity index (χ1) is 30.2. The van der Waals surface area contributed by atoms with E-state index in [1.165, 1.54) is 66.5 Å². The van der Waals surface area contributed by atoms with Crippen LogP contribution in [0.1, 0.15) is 12.0 Å². The fourth-order valence-electron chi connectivity index (χ4n) is 9.69. The number of hydrogen-bond donors (Lipinski definition) is 0. The maximum atomic E-state index is 6.36. The van der Waals surface area contributed by atoms with Crippen molar-refractivity contribution in [2.75, 3.05) is 9.80 Å². The van der Waals surface area contributed by atoms with Crippen molar-refractivity contribution in [3.05, 3.63) is 230 Å². The Hall–Kier alpha value is -7.88. The van der Waals surface area contributed by atoms with E-state index in [0.717, 1.165) is 45.6 Å². The van der Waals surface area contributed by atoms with E-state index < -0.39 is 0 Å². The lowest BCUT2D eigenvalue weighted by Gasteiger charge is -2.29. The normalized spacial score (nSPS) is 14.3. The molecule has 61 heavy (non-hydrogen) atoms. The molecular formula is C58H40N2O. The van der Waals surface area contributed by atoms with E-state index in [1.54, 1.807) is 0 Å². The van der Waals surface area contributed by atoms with Crippen LogP contribution in [0.2, 0.25) is 0 Å². The third-order valence-electron chi connectivity index (χ3n) is 12.5. The number of benzene rings is 9. The summed E-state index contributed by atoms with van der Waals surface area (Å²) in [6.07, 6.45) is 7.76. The van der Waals surface area contributed by atoms with Crippen molar-refractivity contribution >= 4 is 66.7 Å². The van der Waals surface area contributed by atoms with Gasteiger partial charge in [-0.2, -0.15) is 0 Å². The smallest absolute Gasteiger partial charge is 0.137 e. The highest BCUT2D eigenvalue weighted by Crippen LogP contribution is 2.51. The topological polar surface area (TPSA) is 19.6 Å². The zero-order chi connectivity index (χ0) is 40.3. The van der Waals surface area contributed by atoms with Gasteiger partial charge < -0.3 is 14.2 Å². The van der Waals surface area contributed by atoms with Gasteiger partial charge in [0.2, 0.25) is 0 Å². The molecule has 10 aromatic rings. The van der Waals surface area contributed by atoms with E-state index in [-0.39, 0.29) is 6.04 Å². The van der Waals surface area contributed by atoms with Gasteiger partial charge in [0.1, 0.15) is 11.2 Å². The van der Waals surface area contributed by atoms with E-state index in [9.17, 15) is 0 Å². The minimum atomic E-state index is 0.198. The molecule has 0 bridgehead atoms. The Balaban J connectivity index is 0.960. The number of para-hydroxylation sites is 1. The lowest BCUT2D eigenvalue weighted by Crippen LogP contribution is -2.27. The summed E-state index contributed by atoms with van der Waals surface area (Å²) in [5.74, 6) is 0. The molecule has 3 heteroatoms. The summed E-state index contributed by atoms with van der Waals surface area (Å²) in [5.41, 5.74) is 17.4. The van der Waals surface area contributed by atoms with Gasteiger partial charge in [-0.15, -0.1) is 0 Å². The van der Waals surface area contributed by atoms with Crippen molar-refractivity contribution in [2.24, 2.45) is 0 Å². The largest absolute Gasteiger partial charge is 0.456 e. The Morgan fingerprint density at radius 2 is 1.10 bits per heavy atom. The molecule has 0 spiro atoms. The number of rotatable bonds is 7. The fraction of sp³-hybridized carbons (Fsp3) is 0.0345. The molecule has 0 saturated heterocycles. The summed E-state index contributed by atoms with van der Waals surface area (Å²) in [6.45, 7) is 0. The Morgan fingerprint density at radius 3 is 1.97 bits per heavy atom. The van der Waals surface area contributed by atoms with Crippen LogP contribution in [0.5, 0.6) is 0 Å². The Morgan fingerprint density at radius 1 is 0.443 bits per heavy atom. The second-order valence-corrected chi connectivity index (χ2v) is 16.0. The molecule has 0 N–H and O–H groups in total. The fourth-order valence-corrected chi connectivity index (χ4v) is 9.69. The van der Waals surface area contributed by atoms with Crippen LogP contribution in [0, 0.1) is 0 Å². The van der Waals surface area contributed by atoms with Crippen LogP contribution in [-0.2, 0) is 0 Å². The van der Waals surface area contributed by atoms with Gasteiger partial charge in [-0.1, -0.05) is 158 Å². The highest BCUT2D eigenvalue weighted by molar-refractivity contribution is 6.14. The molecule has 12 rings (SSSR count). The highest BCUT2D eigenvalue weighted by Gasteiger charge is 2.36. The van der Waals surface area contributed by atoms with Crippen molar-refractivity contribution in [3.8, 4) is 33.4 Å². The van der Waals surface area contributed by atoms with Gasteiger partial charge in [0.15, 0.2) is 0 Å². The first kappa shape index (κ1) is 35.1. The van der Waals surface area contributed by atoms with Crippen molar-refractivity contribution < 1.29 is 4.42 Å². The molecule has 9 aromatic carbocycles. The van der Waals surface area contributed by atoms with Gasteiger partial charge in [0, 0.05) is 33.7 Å². The molecule has 0 radical (unpaired) electrons. The summed E-state index contributed by atoms with van der Waals surface area (Å²) in [7, 11) is 0. The minimum absolute atomic E-state index is 0.198. The third-order valence-corrected chi connectivity index (χ3v) is 12.5. The maximum absolute atomic E-state index is 6.36. The molecule has 0 amide bonds. The Labute approximate surface area is 355 Å². The predicted octanol–water partition coefficient (Wildman–Crippen LogP) is 16.1. The molecule has 1 aromatic heterocycles. The number of allylic oxidation sites excluding steroid dienone is 2. The van der Waals surface area contributed by atoms with Crippen LogP contribution in [0.3, 0.4) is 0 Å². The Bertz CT molecular complexity index is 3360. The number of hydrogen-bond acceptors (Lipinski definition) is 3. The zero-order valence-electron chi connectivity index (χ0n) is 33.4. The molecule has 2 heterocycles. The standard InChI is InChI=1S/C58H40N2O/c1-2-14-39(15-3-1)41-28-32-45(33-29-41)59(47-34-30-40-16-4-5-17-42(40)36-47)46-19-12-18-43(37-46)48-20-6-7-21-49(48)44-31-35-54-52(38-44)50-22-8-10-24-53(50)60(54)55-25-13-27-57-58(55)51-23-9-11-26-56(51)61-57/h1-23,25-38,53H,24H2. The molecule has 2 aliphatic rings. The van der Waals surface area contributed by atoms with E-state index in [2.05, 4.69) is 228 Å². The first-order valence-electron chi connectivity index (χ1n) is 21.1. The summed E-state index contributed by atoms with van der Waals surface area (Å²) in [6, 6.07) is 74.8. The minimum Gasteiger partial charge on any atom is -0.456 e. The van der Waals surface area contributed by atoms with E-state index in [1.807, 2.05) is 6.07 Å². The third kappa shape index (κ3) is 5.97. The van der Waals surface area contributed by atoms with Crippen LogP contribution in [-0.4, -0.2) is 6.04 Å². The summed E-state index contributed by atoms with van der Waals surface area (Å²) < 4.78 is 6.36. The summed E-state index contributed by atoms with van der Waals surface area (Å²) >= 11 is 0. The lowest BCUT2D eigenvalue weighted by molar-refractivity contribution is 0.669. The molecule has 1 unspecified atom stereocenters. The van der Waals surface area contributed by atoms with Crippen molar-refractivity contribution in [2.45, 2.75) is 12.5 Å². The summed E-state index contributed by atoms with van der Waals surface area (Å²) in [5, 5.41) is 4.75. The zero-order valence-corrected chi connectivity index (χ0v) is 33.4. The number of furan rings is 1. The number of anilines is 5. The predicted molar refractivity (Wildman–Crippen MR) is 256 cm³/mol. The monoisotopic (exact) mass is 780 g/mol. The molecule has 0 saturated carbocycles. The van der Waals surface area contributed by atoms with Crippen LogP contribution < -0.4 is 9.80 Å². The maximum Gasteiger partial charge on any atom is 0.137 e. The average Bonchev–Trinajstić information content (AvgIpc) is 3.88. The van der Waals surface area contributed by atoms with Gasteiger partial charge in [0.25, 0.3) is 0 Å². The highest BCUT2D eigenvalue weighted by atomic mass is 16.3. The molecule has 1 atom stereocenters. The van der Waals surface area contributed by atoms with Gasteiger partial charge >= 0.3 is 0 Å². The average molecular weight is 781 g/mol. The van der Waals surface area contributed by atoms with E-state index >= 15 is 0 Å². The van der Waals surface area contributed by atoms with Gasteiger partial charge in [-0.05, 0) is 123 Å². The second-order valence-electron chi connectivity index (χ2n) is 16.0. The van der Waals surface area contributed by atoms with Crippen molar-refractivity contribution in [3.63, 3.8) is 0 Å². The molecule has 288 valence electrons. The summed E-state index contributed by atoms with van der Waals surface area (Å²) in [4.78, 5) is 4.92. The molecule has 1 aliphatic heterocycles. The van der Waals surface area contributed by atoms with Crippen LogP contribution in [0.4, 0.5) is 28.4 Å².